The SMILES string of the molecule is CCN(C(=O)c1cc(Nc2cc(NC(=O)c3ccc(OC(F)(F)F)nc3)ccc2C)n(-c2cc(NCCN3CCOCC3)ncn2)n1)N1CCOCC1. The van der Waals surface area contributed by atoms with Crippen molar-refractivity contribution in [3.8, 4) is 11.7 Å². The quantitative estimate of drug-likeness (QED) is 0.182. The summed E-state index contributed by atoms with van der Waals surface area (Å²) in [6.45, 7) is 10.9. The Morgan fingerprint density at radius 3 is 2.42 bits per heavy atom. The van der Waals surface area contributed by atoms with Crippen LogP contribution >= 0.6 is 0 Å². The summed E-state index contributed by atoms with van der Waals surface area (Å²) < 4.78 is 53.8. The van der Waals surface area contributed by atoms with E-state index in [9.17, 15) is 22.8 Å². The third kappa shape index (κ3) is 9.95. The fourth-order valence-corrected chi connectivity index (χ4v) is 5.74. The van der Waals surface area contributed by atoms with Gasteiger partial charge >= 0.3 is 6.36 Å². The summed E-state index contributed by atoms with van der Waals surface area (Å²) in [6, 6.07) is 10.7. The number of nitrogens with one attached hydrogen (secondary N) is 3. The number of hydrogen-bond donors (Lipinski definition) is 3. The Labute approximate surface area is 303 Å². The standard InChI is InChI=1S/C34H40F3N11O5/c1-3-47(46-12-16-52-17-13-46)33(50)27-19-30(48(44-27)29-20-28(40-22-41-29)38-8-9-45-10-14-51-15-11-45)43-26-18-25(6-4-23(26)2)42-32(49)24-5-7-31(39-21-24)53-34(35,36)37/h4-7,18-22,43H,3,8-17H2,1-2H3,(H,42,49)(H,38,40,41). The summed E-state index contributed by atoms with van der Waals surface area (Å²) in [5.41, 5.74) is 1.96. The van der Waals surface area contributed by atoms with Crippen molar-refractivity contribution in [2.24, 2.45) is 0 Å². The summed E-state index contributed by atoms with van der Waals surface area (Å²) in [5, 5.41) is 17.7. The third-order valence-electron chi connectivity index (χ3n) is 8.48. The Kier molecular flexibility index (Phi) is 12.0. The van der Waals surface area contributed by atoms with Crippen LogP contribution in [0.15, 0.2) is 55.0 Å². The van der Waals surface area contributed by atoms with Crippen LogP contribution in [-0.2, 0) is 9.47 Å². The molecule has 0 atom stereocenters. The molecule has 0 saturated carbocycles. The molecule has 0 radical (unpaired) electrons. The Balaban J connectivity index is 1.24. The van der Waals surface area contributed by atoms with E-state index in [0.717, 1.165) is 37.5 Å². The maximum atomic E-state index is 13.9. The molecule has 6 rings (SSSR count). The zero-order valence-electron chi connectivity index (χ0n) is 29.2. The van der Waals surface area contributed by atoms with Gasteiger partial charge in [0.05, 0.1) is 32.0 Å². The maximum Gasteiger partial charge on any atom is 0.574 e. The normalized spacial score (nSPS) is 15.5. The zero-order chi connectivity index (χ0) is 37.4. The molecule has 0 bridgehead atoms. The van der Waals surface area contributed by atoms with Crippen LogP contribution in [0, 0.1) is 6.92 Å². The molecular weight excluding hydrogens is 699 g/mol. The number of morpholine rings is 2. The predicted molar refractivity (Wildman–Crippen MR) is 187 cm³/mol. The Morgan fingerprint density at radius 2 is 1.72 bits per heavy atom. The fraction of sp³-hybridized carbons (Fsp3) is 0.412. The molecule has 282 valence electrons. The van der Waals surface area contributed by atoms with E-state index in [1.807, 2.05) is 18.9 Å². The number of ether oxygens (including phenoxy) is 3. The predicted octanol–water partition coefficient (Wildman–Crippen LogP) is 3.71. The van der Waals surface area contributed by atoms with Crippen LogP contribution in [0.25, 0.3) is 5.82 Å². The van der Waals surface area contributed by atoms with Gasteiger partial charge in [-0.1, -0.05) is 6.07 Å². The molecule has 2 aliphatic rings. The van der Waals surface area contributed by atoms with Gasteiger partial charge in [-0.3, -0.25) is 19.5 Å². The van der Waals surface area contributed by atoms with Gasteiger partial charge in [0, 0.05) is 81.6 Å². The van der Waals surface area contributed by atoms with Crippen molar-refractivity contribution < 1.29 is 37.0 Å². The van der Waals surface area contributed by atoms with E-state index in [-0.39, 0.29) is 17.2 Å². The van der Waals surface area contributed by atoms with Gasteiger partial charge in [-0.25, -0.2) is 20.0 Å². The first kappa shape index (κ1) is 37.4. The van der Waals surface area contributed by atoms with Crippen LogP contribution in [-0.4, -0.2) is 130 Å². The smallest absolute Gasteiger partial charge is 0.388 e. The van der Waals surface area contributed by atoms with E-state index in [2.05, 4.69) is 40.5 Å². The number of amides is 2. The molecule has 2 fully saturated rings. The Hall–Kier alpha value is -5.37. The highest BCUT2D eigenvalue weighted by Gasteiger charge is 2.32. The highest BCUT2D eigenvalue weighted by atomic mass is 19.4. The second-order valence-electron chi connectivity index (χ2n) is 12.1. The monoisotopic (exact) mass is 739 g/mol. The van der Waals surface area contributed by atoms with Gasteiger partial charge < -0.3 is 30.2 Å². The van der Waals surface area contributed by atoms with Gasteiger partial charge in [0.1, 0.15) is 18.0 Å². The number of aromatic nitrogens is 5. The first-order valence-corrected chi connectivity index (χ1v) is 17.1. The van der Waals surface area contributed by atoms with Gasteiger partial charge in [0.2, 0.25) is 5.88 Å². The zero-order valence-corrected chi connectivity index (χ0v) is 29.2. The number of hydrogen-bond acceptors (Lipinski definition) is 13. The summed E-state index contributed by atoms with van der Waals surface area (Å²) in [6.07, 6.45) is -2.49. The van der Waals surface area contributed by atoms with E-state index in [0.29, 0.717) is 81.4 Å². The highest BCUT2D eigenvalue weighted by molar-refractivity contribution is 6.04. The van der Waals surface area contributed by atoms with Crippen molar-refractivity contribution in [1.29, 1.82) is 0 Å². The molecule has 3 N–H and O–H groups in total. The van der Waals surface area contributed by atoms with Crippen LogP contribution in [0.5, 0.6) is 5.88 Å². The van der Waals surface area contributed by atoms with E-state index < -0.39 is 18.1 Å². The average Bonchev–Trinajstić information content (AvgIpc) is 3.58. The maximum absolute atomic E-state index is 13.9. The van der Waals surface area contributed by atoms with Crippen molar-refractivity contribution >= 4 is 34.8 Å². The van der Waals surface area contributed by atoms with Crippen molar-refractivity contribution in [2.45, 2.75) is 20.2 Å². The minimum absolute atomic E-state index is 0.0229. The molecule has 5 heterocycles. The van der Waals surface area contributed by atoms with Crippen LogP contribution in [0.2, 0.25) is 0 Å². The number of carbonyl (C=O) groups is 2. The van der Waals surface area contributed by atoms with Gasteiger partial charge in [0.25, 0.3) is 11.8 Å². The number of rotatable bonds is 13. The topological polar surface area (TPSA) is 164 Å². The molecule has 2 aliphatic heterocycles. The molecule has 4 aromatic rings. The van der Waals surface area contributed by atoms with Crippen molar-refractivity contribution in [2.75, 3.05) is 88.2 Å². The largest absolute Gasteiger partial charge is 0.574 e. The van der Waals surface area contributed by atoms with Gasteiger partial charge in [-0.15, -0.1) is 13.2 Å². The highest BCUT2D eigenvalue weighted by Crippen LogP contribution is 2.28. The first-order chi connectivity index (χ1) is 25.6. The van der Waals surface area contributed by atoms with E-state index in [1.54, 1.807) is 35.3 Å². The molecule has 2 amide bonds. The van der Waals surface area contributed by atoms with E-state index in [1.165, 1.54) is 17.1 Å². The molecule has 1 aromatic carbocycles. The second kappa shape index (κ2) is 17.0. The van der Waals surface area contributed by atoms with Crippen LogP contribution in [0.1, 0.15) is 33.3 Å². The molecule has 0 aliphatic carbocycles. The number of alkyl halides is 3. The number of pyridine rings is 1. The second-order valence-corrected chi connectivity index (χ2v) is 12.1. The van der Waals surface area contributed by atoms with Crippen LogP contribution in [0.3, 0.4) is 0 Å². The molecule has 0 spiro atoms. The lowest BCUT2D eigenvalue weighted by molar-refractivity contribution is -0.276. The van der Waals surface area contributed by atoms with Crippen LogP contribution in [0.4, 0.5) is 36.2 Å². The molecule has 19 heteroatoms. The molecule has 53 heavy (non-hydrogen) atoms. The lowest BCUT2D eigenvalue weighted by Crippen LogP contribution is -2.51. The molecular formula is C34H40F3N11O5. The summed E-state index contributed by atoms with van der Waals surface area (Å²) in [7, 11) is 0. The number of benzene rings is 1. The first-order valence-electron chi connectivity index (χ1n) is 17.1. The fourth-order valence-electron chi connectivity index (χ4n) is 5.74. The number of aryl methyl sites for hydroxylation is 1. The third-order valence-corrected chi connectivity index (χ3v) is 8.48. The number of hydrazine groups is 1. The molecule has 2 saturated heterocycles. The van der Waals surface area contributed by atoms with Crippen LogP contribution < -0.4 is 20.7 Å². The summed E-state index contributed by atoms with van der Waals surface area (Å²) in [4.78, 5) is 41.6. The number of anilines is 4. The lowest BCUT2D eigenvalue weighted by Gasteiger charge is -2.36. The minimum Gasteiger partial charge on any atom is -0.388 e. The van der Waals surface area contributed by atoms with Gasteiger partial charge in [-0.05, 0) is 37.6 Å². The summed E-state index contributed by atoms with van der Waals surface area (Å²) >= 11 is 0. The molecule has 3 aromatic heterocycles. The summed E-state index contributed by atoms with van der Waals surface area (Å²) in [5.74, 6) is -0.183. The van der Waals surface area contributed by atoms with Crippen molar-refractivity contribution in [1.82, 2.24) is 39.7 Å². The number of nitrogens with zero attached hydrogens (tertiary/aromatic N) is 8. The minimum atomic E-state index is -4.90. The number of halogens is 3. The van der Waals surface area contributed by atoms with Crippen molar-refractivity contribution in [3.63, 3.8) is 0 Å². The molecule has 0 unspecified atom stereocenters. The Bertz CT molecular complexity index is 1860. The molecule has 16 nitrogen and oxygen atoms in total. The Morgan fingerprint density at radius 1 is 0.962 bits per heavy atom. The van der Waals surface area contributed by atoms with E-state index in [4.69, 9.17) is 14.6 Å². The average molecular weight is 740 g/mol. The van der Waals surface area contributed by atoms with Gasteiger partial charge in [0.15, 0.2) is 11.5 Å². The van der Waals surface area contributed by atoms with Crippen molar-refractivity contribution in [3.05, 3.63) is 71.8 Å². The van der Waals surface area contributed by atoms with Gasteiger partial charge in [-0.2, -0.15) is 9.78 Å². The lowest BCUT2D eigenvalue weighted by atomic mass is 10.1. The number of carbonyl (C=O) groups excluding carboxylic acids is 2. The van der Waals surface area contributed by atoms with E-state index >= 15 is 0 Å².